The van der Waals surface area contributed by atoms with Crippen molar-refractivity contribution < 1.29 is 14.1 Å². The van der Waals surface area contributed by atoms with Gasteiger partial charge in [-0.3, -0.25) is 4.79 Å². The van der Waals surface area contributed by atoms with Crippen LogP contribution in [-0.2, 0) is 20.5 Å². The van der Waals surface area contributed by atoms with E-state index in [1.54, 1.807) is 0 Å². The Kier molecular flexibility index (Phi) is 7.25. The lowest BCUT2D eigenvalue weighted by atomic mass is 9.43. The summed E-state index contributed by atoms with van der Waals surface area (Å²) in [5.74, 6) is 1.12. The van der Waals surface area contributed by atoms with Gasteiger partial charge in [-0.15, -0.1) is 0 Å². The average Bonchev–Trinajstić information content (AvgIpc) is 3.15. The normalized spacial score (nSPS) is 32.4. The number of hydrogen-bond acceptors (Lipinski definition) is 5. The molecule has 1 saturated heterocycles. The SMILES string of the molecule is C[C@@H](B1OC2CC3CC(C3(C)C)[C@@]2(C)O1)[C@@H](Cc1ccccc1)NC(=O)[C@@H](N)CCCCN. The lowest BCUT2D eigenvalue weighted by Crippen LogP contribution is -2.65. The summed E-state index contributed by atoms with van der Waals surface area (Å²) in [6.45, 7) is 9.74. The molecule has 5 N–H and O–H groups in total. The standard InChI is InChI=1S/C26H42BN3O3/c1-17(27-32-23-16-19-15-22(25(19,2)3)26(23,4)33-27)21(14-18-10-6-5-7-11-18)30-24(31)20(29)12-8-9-13-28/h5-7,10-11,17,19-23H,8-9,12-16,28-29H2,1-4H3,(H,30,31)/t17-,19?,20+,21-,22?,23?,26-/m1/s1. The van der Waals surface area contributed by atoms with Gasteiger partial charge in [0.15, 0.2) is 0 Å². The zero-order valence-corrected chi connectivity index (χ0v) is 20.8. The molecule has 7 heteroatoms. The second-order valence-corrected chi connectivity index (χ2v) is 11.4. The fourth-order valence-electron chi connectivity index (χ4n) is 6.48. The maximum atomic E-state index is 13.0. The highest BCUT2D eigenvalue weighted by atomic mass is 16.7. The van der Waals surface area contributed by atoms with Crippen LogP contribution >= 0.6 is 0 Å². The van der Waals surface area contributed by atoms with Crippen LogP contribution in [0.1, 0.15) is 65.4 Å². The number of hydrogen-bond donors (Lipinski definition) is 3. The first-order valence-corrected chi connectivity index (χ1v) is 12.8. The van der Waals surface area contributed by atoms with Crippen LogP contribution in [0.15, 0.2) is 30.3 Å². The minimum Gasteiger partial charge on any atom is -0.405 e. The predicted molar refractivity (Wildman–Crippen MR) is 132 cm³/mol. The summed E-state index contributed by atoms with van der Waals surface area (Å²) in [6, 6.07) is 9.62. The van der Waals surface area contributed by atoms with Crippen LogP contribution < -0.4 is 16.8 Å². The summed E-state index contributed by atoms with van der Waals surface area (Å²) in [5.41, 5.74) is 13.0. The molecule has 3 aliphatic carbocycles. The number of unbranched alkanes of at least 4 members (excludes halogenated alkanes) is 1. The molecule has 3 unspecified atom stereocenters. The molecule has 7 atom stereocenters. The molecule has 33 heavy (non-hydrogen) atoms. The van der Waals surface area contributed by atoms with E-state index in [0.29, 0.717) is 36.6 Å². The number of amides is 1. The van der Waals surface area contributed by atoms with Gasteiger partial charge in [-0.1, -0.05) is 57.5 Å². The maximum absolute atomic E-state index is 13.0. The molecule has 4 aliphatic rings. The Hall–Kier alpha value is -1.41. The Labute approximate surface area is 199 Å². The van der Waals surface area contributed by atoms with Gasteiger partial charge in [0.05, 0.1) is 17.7 Å². The molecule has 0 radical (unpaired) electrons. The number of nitrogens with two attached hydrogens (primary N) is 2. The first kappa shape index (κ1) is 24.7. The van der Waals surface area contributed by atoms with E-state index in [9.17, 15) is 4.79 Å². The monoisotopic (exact) mass is 455 g/mol. The van der Waals surface area contributed by atoms with Gasteiger partial charge >= 0.3 is 7.12 Å². The zero-order valence-electron chi connectivity index (χ0n) is 20.8. The summed E-state index contributed by atoms with van der Waals surface area (Å²) < 4.78 is 13.3. The van der Waals surface area contributed by atoms with Crippen LogP contribution in [0.2, 0.25) is 5.82 Å². The van der Waals surface area contributed by atoms with E-state index in [-0.39, 0.29) is 36.6 Å². The van der Waals surface area contributed by atoms with Crippen molar-refractivity contribution in [1.29, 1.82) is 0 Å². The molecule has 0 aromatic heterocycles. The Bertz CT molecular complexity index is 822. The Morgan fingerprint density at radius 1 is 1.21 bits per heavy atom. The highest BCUT2D eigenvalue weighted by molar-refractivity contribution is 6.47. The molecule has 4 fully saturated rings. The average molecular weight is 455 g/mol. The lowest BCUT2D eigenvalue weighted by Gasteiger charge is -2.64. The first-order chi connectivity index (χ1) is 15.7. The van der Waals surface area contributed by atoms with E-state index in [4.69, 9.17) is 20.8 Å². The van der Waals surface area contributed by atoms with Gasteiger partial charge < -0.3 is 26.1 Å². The van der Waals surface area contributed by atoms with E-state index in [2.05, 4.69) is 45.1 Å². The van der Waals surface area contributed by atoms with Gasteiger partial charge in [-0.2, -0.15) is 0 Å². The molecular formula is C26H42BN3O3. The zero-order chi connectivity index (χ0) is 23.8. The van der Waals surface area contributed by atoms with Gasteiger partial charge in [0.2, 0.25) is 5.91 Å². The van der Waals surface area contributed by atoms with Crippen LogP contribution in [0, 0.1) is 17.3 Å². The molecule has 2 bridgehead atoms. The fraction of sp³-hybridized carbons (Fsp3) is 0.731. The lowest BCUT2D eigenvalue weighted by molar-refractivity contribution is -0.199. The van der Waals surface area contributed by atoms with E-state index in [1.165, 1.54) is 12.0 Å². The van der Waals surface area contributed by atoms with Gasteiger partial charge in [0, 0.05) is 11.9 Å². The Balaban J connectivity index is 1.46. The smallest absolute Gasteiger partial charge is 0.405 e. The molecule has 6 nitrogen and oxygen atoms in total. The van der Waals surface area contributed by atoms with Gasteiger partial charge in [0.25, 0.3) is 0 Å². The molecule has 1 amide bonds. The second kappa shape index (κ2) is 9.69. The quantitative estimate of drug-likeness (QED) is 0.371. The van der Waals surface area contributed by atoms with Crippen LogP contribution in [0.4, 0.5) is 0 Å². The summed E-state index contributed by atoms with van der Waals surface area (Å²) in [6.07, 6.45) is 5.52. The van der Waals surface area contributed by atoms with Crippen LogP contribution in [0.25, 0.3) is 0 Å². The van der Waals surface area contributed by atoms with Crippen LogP contribution in [0.3, 0.4) is 0 Å². The minimum absolute atomic E-state index is 0.00636. The van der Waals surface area contributed by atoms with E-state index < -0.39 is 6.04 Å². The highest BCUT2D eigenvalue weighted by Gasteiger charge is 2.68. The van der Waals surface area contributed by atoms with E-state index >= 15 is 0 Å². The van der Waals surface area contributed by atoms with Crippen molar-refractivity contribution in [3.63, 3.8) is 0 Å². The van der Waals surface area contributed by atoms with Crippen molar-refractivity contribution >= 4 is 13.0 Å². The predicted octanol–water partition coefficient (Wildman–Crippen LogP) is 3.29. The first-order valence-electron chi connectivity index (χ1n) is 12.8. The molecule has 0 spiro atoms. The highest BCUT2D eigenvalue weighted by Crippen LogP contribution is 2.66. The second-order valence-electron chi connectivity index (χ2n) is 11.4. The summed E-state index contributed by atoms with van der Waals surface area (Å²) in [5, 5.41) is 3.25. The molecule has 5 rings (SSSR count). The van der Waals surface area contributed by atoms with Crippen LogP contribution in [-0.4, -0.2) is 43.4 Å². The van der Waals surface area contributed by atoms with Crippen molar-refractivity contribution in [2.75, 3.05) is 6.54 Å². The van der Waals surface area contributed by atoms with Gasteiger partial charge in [-0.05, 0) is 68.4 Å². The third-order valence-corrected chi connectivity index (χ3v) is 8.96. The number of carbonyl (C=O) groups is 1. The number of rotatable bonds is 10. The van der Waals surface area contributed by atoms with Crippen LogP contribution in [0.5, 0.6) is 0 Å². The molecule has 182 valence electrons. The summed E-state index contributed by atoms with van der Waals surface area (Å²) in [7, 11) is -0.336. The van der Waals surface area contributed by atoms with Crippen molar-refractivity contribution in [1.82, 2.24) is 5.32 Å². The van der Waals surface area contributed by atoms with Gasteiger partial charge in [-0.25, -0.2) is 0 Å². The van der Waals surface area contributed by atoms with Gasteiger partial charge in [0.1, 0.15) is 0 Å². The molecule has 1 aromatic carbocycles. The molecule has 3 saturated carbocycles. The topological polar surface area (TPSA) is 99.6 Å². The Morgan fingerprint density at radius 3 is 2.61 bits per heavy atom. The minimum atomic E-state index is -0.527. The molecule has 1 aliphatic heterocycles. The number of nitrogens with one attached hydrogen (secondary N) is 1. The molecule has 1 heterocycles. The number of carbonyl (C=O) groups excluding carboxylic acids is 1. The summed E-state index contributed by atoms with van der Waals surface area (Å²) in [4.78, 5) is 13.0. The van der Waals surface area contributed by atoms with Crippen molar-refractivity contribution in [3.8, 4) is 0 Å². The third kappa shape index (κ3) is 4.75. The van der Waals surface area contributed by atoms with Crippen molar-refractivity contribution in [2.45, 2.75) is 95.8 Å². The molecule has 1 aromatic rings. The largest absolute Gasteiger partial charge is 0.462 e. The van der Waals surface area contributed by atoms with Crippen molar-refractivity contribution in [3.05, 3.63) is 35.9 Å². The Morgan fingerprint density at radius 2 is 1.94 bits per heavy atom. The fourth-order valence-corrected chi connectivity index (χ4v) is 6.48. The third-order valence-electron chi connectivity index (χ3n) is 8.96. The van der Waals surface area contributed by atoms with E-state index in [0.717, 1.165) is 19.3 Å². The molecular weight excluding hydrogens is 413 g/mol. The van der Waals surface area contributed by atoms with Crippen molar-refractivity contribution in [2.24, 2.45) is 28.7 Å². The maximum Gasteiger partial charge on any atom is 0.462 e. The number of benzene rings is 1. The summed E-state index contributed by atoms with van der Waals surface area (Å²) >= 11 is 0. The van der Waals surface area contributed by atoms with E-state index in [1.807, 2.05) is 18.2 Å².